The molecule has 0 aromatic heterocycles. The summed E-state index contributed by atoms with van der Waals surface area (Å²) in [7, 11) is 0. The molecule has 2 fully saturated rings. The van der Waals surface area contributed by atoms with Gasteiger partial charge in [-0.25, -0.2) is 0 Å². The van der Waals surface area contributed by atoms with E-state index >= 15 is 0 Å². The fraction of sp³-hybridized carbons (Fsp3) is 0.556. The zero-order valence-corrected chi connectivity index (χ0v) is 14.0. The third-order valence-electron chi connectivity index (χ3n) is 5.54. The quantitative estimate of drug-likeness (QED) is 0.630. The van der Waals surface area contributed by atoms with E-state index < -0.39 is 0 Å². The number of likely N-dealkylation sites (N-methyl/N-ethyl adjacent to an activating group) is 1. The van der Waals surface area contributed by atoms with E-state index in [2.05, 4.69) is 22.8 Å². The molecule has 3 aliphatic heterocycles. The minimum Gasteiger partial charge on any atom is -0.468 e. The van der Waals surface area contributed by atoms with Gasteiger partial charge in [-0.1, -0.05) is 6.92 Å². The van der Waals surface area contributed by atoms with Gasteiger partial charge < -0.3 is 4.74 Å². The van der Waals surface area contributed by atoms with E-state index in [1.54, 1.807) is 12.1 Å². The highest BCUT2D eigenvalue weighted by Gasteiger charge is 2.48. The Morgan fingerprint density at radius 2 is 2.08 bits per heavy atom. The molecule has 0 amide bonds. The van der Waals surface area contributed by atoms with Crippen LogP contribution in [0.5, 0.6) is 5.75 Å². The van der Waals surface area contributed by atoms with E-state index in [1.807, 2.05) is 0 Å². The molecule has 2 saturated heterocycles. The normalized spacial score (nSPS) is 27.1. The van der Waals surface area contributed by atoms with Gasteiger partial charge >= 0.3 is 0 Å². The molecule has 24 heavy (non-hydrogen) atoms. The molecule has 0 spiro atoms. The van der Waals surface area contributed by atoms with Crippen LogP contribution >= 0.6 is 0 Å². The summed E-state index contributed by atoms with van der Waals surface area (Å²) in [5.41, 5.74) is 1.83. The first-order valence-electron chi connectivity index (χ1n) is 8.78. The second kappa shape index (κ2) is 5.86. The van der Waals surface area contributed by atoms with Gasteiger partial charge in [0.2, 0.25) is 0 Å². The van der Waals surface area contributed by atoms with E-state index in [0.717, 1.165) is 50.5 Å². The van der Waals surface area contributed by atoms with E-state index in [-0.39, 0.29) is 16.3 Å². The zero-order valence-electron chi connectivity index (χ0n) is 14.0. The molecule has 6 heteroatoms. The highest BCUT2D eigenvalue weighted by atomic mass is 16.6. The van der Waals surface area contributed by atoms with Crippen LogP contribution in [0.2, 0.25) is 0 Å². The van der Waals surface area contributed by atoms with Crippen molar-refractivity contribution >= 4 is 11.8 Å². The molecular weight excluding hydrogens is 306 g/mol. The third kappa shape index (κ3) is 2.41. The van der Waals surface area contributed by atoms with Crippen molar-refractivity contribution in [1.29, 1.82) is 0 Å². The van der Waals surface area contributed by atoms with Crippen molar-refractivity contribution in [3.8, 4) is 5.75 Å². The van der Waals surface area contributed by atoms with Crippen LogP contribution in [-0.4, -0.2) is 53.2 Å². The fourth-order valence-electron chi connectivity index (χ4n) is 4.19. The Hall–Kier alpha value is -1.92. The van der Waals surface area contributed by atoms with Crippen molar-refractivity contribution in [3.63, 3.8) is 0 Å². The van der Waals surface area contributed by atoms with Crippen LogP contribution in [0.4, 0.5) is 5.69 Å². The first-order chi connectivity index (χ1) is 11.6. The number of nitro benzene ring substituents is 1. The first-order valence-corrected chi connectivity index (χ1v) is 8.78. The van der Waals surface area contributed by atoms with Crippen molar-refractivity contribution in [1.82, 2.24) is 9.80 Å². The summed E-state index contributed by atoms with van der Waals surface area (Å²) in [6.45, 7) is 7.19. The van der Waals surface area contributed by atoms with Crippen LogP contribution in [0.1, 0.15) is 31.7 Å². The van der Waals surface area contributed by atoms with Gasteiger partial charge in [0.1, 0.15) is 5.75 Å². The lowest BCUT2D eigenvalue weighted by Crippen LogP contribution is -2.60. The maximum atomic E-state index is 11.1. The summed E-state index contributed by atoms with van der Waals surface area (Å²) in [6.07, 6.45) is 5.50. The predicted molar refractivity (Wildman–Crippen MR) is 92.0 cm³/mol. The molecule has 0 aliphatic carbocycles. The molecule has 0 bridgehead atoms. The number of non-ortho nitro benzene ring substituents is 1. The van der Waals surface area contributed by atoms with Gasteiger partial charge in [0, 0.05) is 55.9 Å². The van der Waals surface area contributed by atoms with Gasteiger partial charge in [0.05, 0.1) is 4.92 Å². The molecule has 3 heterocycles. The average molecular weight is 329 g/mol. The van der Waals surface area contributed by atoms with E-state index in [9.17, 15) is 10.1 Å². The summed E-state index contributed by atoms with van der Waals surface area (Å²) < 4.78 is 6.54. The minimum absolute atomic E-state index is 0.117. The summed E-state index contributed by atoms with van der Waals surface area (Å²) in [4.78, 5) is 15.6. The van der Waals surface area contributed by atoms with Crippen LogP contribution in [0, 0.1) is 10.1 Å². The Labute approximate surface area is 141 Å². The zero-order chi connectivity index (χ0) is 16.7. The van der Waals surface area contributed by atoms with Crippen LogP contribution in [0.3, 0.4) is 0 Å². The molecule has 1 atom stereocenters. The first kappa shape index (κ1) is 15.6. The second-order valence-electron chi connectivity index (χ2n) is 6.85. The Bertz CT molecular complexity index is 697. The molecule has 0 saturated carbocycles. The van der Waals surface area contributed by atoms with E-state index in [0.29, 0.717) is 0 Å². The standard InChI is InChI=1S/C18H23N3O3/c1-2-19-10-7-18(20-8-3-4-9-20)15(13-19)11-14-12-16(21(22)23)5-6-17(14)24-18/h5-6,11-12H,2-4,7-10,13H2,1H3. The predicted octanol–water partition coefficient (Wildman–Crippen LogP) is 2.89. The number of benzene rings is 1. The molecule has 1 unspecified atom stereocenters. The summed E-state index contributed by atoms with van der Waals surface area (Å²) >= 11 is 0. The van der Waals surface area contributed by atoms with Crippen LogP contribution in [0.15, 0.2) is 23.8 Å². The number of piperidine rings is 1. The maximum absolute atomic E-state index is 11.1. The van der Waals surface area contributed by atoms with Gasteiger partial charge in [0.25, 0.3) is 5.69 Å². The monoisotopic (exact) mass is 329 g/mol. The van der Waals surface area contributed by atoms with Crippen molar-refractivity contribution in [2.24, 2.45) is 0 Å². The number of likely N-dealkylation sites (tertiary alicyclic amines) is 2. The molecule has 4 rings (SSSR count). The number of ether oxygens (including phenoxy) is 1. The highest BCUT2D eigenvalue weighted by Crippen LogP contribution is 2.44. The van der Waals surface area contributed by atoms with Crippen LogP contribution in [0.25, 0.3) is 6.08 Å². The van der Waals surface area contributed by atoms with Gasteiger partial charge in [0.15, 0.2) is 5.72 Å². The van der Waals surface area contributed by atoms with Crippen molar-refractivity contribution in [3.05, 3.63) is 39.4 Å². The third-order valence-corrected chi connectivity index (χ3v) is 5.54. The lowest BCUT2D eigenvalue weighted by atomic mass is 9.88. The lowest BCUT2D eigenvalue weighted by Gasteiger charge is -2.50. The molecule has 0 N–H and O–H groups in total. The Morgan fingerprint density at radius 1 is 1.29 bits per heavy atom. The number of hydrogen-bond acceptors (Lipinski definition) is 5. The molecule has 0 radical (unpaired) electrons. The smallest absolute Gasteiger partial charge is 0.270 e. The molecule has 128 valence electrons. The average Bonchev–Trinajstić information content (AvgIpc) is 3.14. The highest BCUT2D eigenvalue weighted by molar-refractivity contribution is 5.67. The SMILES string of the molecule is CCN1CCC2(N3CCCC3)Oc3ccc([N+](=O)[O-])cc3C=C2C1. The number of hydrogen-bond donors (Lipinski definition) is 0. The number of nitro groups is 1. The van der Waals surface area contributed by atoms with Gasteiger partial charge in [-0.15, -0.1) is 0 Å². The van der Waals surface area contributed by atoms with E-state index in [4.69, 9.17) is 4.74 Å². The van der Waals surface area contributed by atoms with E-state index in [1.165, 1.54) is 24.5 Å². The van der Waals surface area contributed by atoms with Crippen LogP contribution in [-0.2, 0) is 0 Å². The Morgan fingerprint density at radius 3 is 2.79 bits per heavy atom. The molecular formula is C18H23N3O3. The van der Waals surface area contributed by atoms with Crippen molar-refractivity contribution in [2.45, 2.75) is 31.9 Å². The number of fused-ring (bicyclic) bond motifs is 2. The molecule has 3 aliphatic rings. The van der Waals surface area contributed by atoms with Crippen LogP contribution < -0.4 is 4.74 Å². The van der Waals surface area contributed by atoms with Gasteiger partial charge in [-0.05, 0) is 31.5 Å². The Balaban J connectivity index is 1.77. The summed E-state index contributed by atoms with van der Waals surface area (Å²) in [5.74, 6) is 0.765. The topological polar surface area (TPSA) is 58.8 Å². The van der Waals surface area contributed by atoms with Gasteiger partial charge in [-0.3, -0.25) is 19.9 Å². The van der Waals surface area contributed by atoms with Crippen molar-refractivity contribution < 1.29 is 9.66 Å². The molecule has 6 nitrogen and oxygen atoms in total. The largest absolute Gasteiger partial charge is 0.468 e. The number of rotatable bonds is 3. The summed E-state index contributed by atoms with van der Waals surface area (Å²) in [5, 5.41) is 11.1. The molecule has 1 aromatic rings. The molecule has 1 aromatic carbocycles. The van der Waals surface area contributed by atoms with Gasteiger partial charge in [-0.2, -0.15) is 0 Å². The maximum Gasteiger partial charge on any atom is 0.270 e. The Kier molecular flexibility index (Phi) is 3.81. The second-order valence-corrected chi connectivity index (χ2v) is 6.85. The lowest BCUT2D eigenvalue weighted by molar-refractivity contribution is -0.384. The summed E-state index contributed by atoms with van der Waals surface area (Å²) in [6, 6.07) is 4.92. The number of nitrogens with zero attached hydrogens (tertiary/aromatic N) is 3. The van der Waals surface area contributed by atoms with Crippen molar-refractivity contribution in [2.75, 3.05) is 32.7 Å². The fourth-order valence-corrected chi connectivity index (χ4v) is 4.19. The minimum atomic E-state index is -0.356.